The molecule has 0 saturated heterocycles. The van der Waals surface area contributed by atoms with Crippen molar-refractivity contribution in [3.05, 3.63) is 78.4 Å². The van der Waals surface area contributed by atoms with Crippen LogP contribution in [0, 0.1) is 5.82 Å². The number of hydrogen-bond donors (Lipinski definition) is 2. The lowest BCUT2D eigenvalue weighted by molar-refractivity contribution is 0.598. The molecule has 0 radical (unpaired) electrons. The third kappa shape index (κ3) is 3.87. The molecule has 3 N–H and O–H groups in total. The van der Waals surface area contributed by atoms with E-state index >= 15 is 0 Å². The molecule has 0 amide bonds. The van der Waals surface area contributed by atoms with E-state index in [4.69, 9.17) is 10.1 Å². The summed E-state index contributed by atoms with van der Waals surface area (Å²) in [5.74, 6) is 0.117. The van der Waals surface area contributed by atoms with E-state index in [1.807, 2.05) is 18.2 Å². The van der Waals surface area contributed by atoms with Gasteiger partial charge in [0.05, 0.1) is 10.6 Å². The number of aromatic nitrogens is 3. The maximum Gasteiger partial charge on any atom is 0.238 e. The van der Waals surface area contributed by atoms with Gasteiger partial charge in [-0.1, -0.05) is 24.3 Å². The number of nitrogens with one attached hydrogen (secondary N) is 1. The van der Waals surface area contributed by atoms with Crippen LogP contribution >= 0.6 is 0 Å². The third-order valence-electron chi connectivity index (χ3n) is 5.42. The van der Waals surface area contributed by atoms with Gasteiger partial charge in [0.2, 0.25) is 10.0 Å². The number of hydrogen-bond acceptors (Lipinski definition) is 4. The fourth-order valence-corrected chi connectivity index (χ4v) is 4.15. The Balaban J connectivity index is 1.55. The second-order valence-corrected chi connectivity index (χ2v) is 9.19. The monoisotopic (exact) mass is 434 g/mol. The maximum absolute atomic E-state index is 14.6. The van der Waals surface area contributed by atoms with Crippen molar-refractivity contribution in [2.75, 3.05) is 0 Å². The quantitative estimate of drug-likeness (QED) is 0.484. The standard InChI is InChI=1S/C23H19FN4O2S/c24-20-11-8-16(12-18(20)14-6-9-17(10-7-14)31(25,29)30)19-13-26-28-23(19)22-3-1-2-21(27-22)15-4-5-15/h1-3,6-13,15H,4-5H2,(H,26,28)(H2,25,29,30). The lowest BCUT2D eigenvalue weighted by Gasteiger charge is -2.09. The van der Waals surface area contributed by atoms with Gasteiger partial charge >= 0.3 is 0 Å². The van der Waals surface area contributed by atoms with Gasteiger partial charge in [-0.25, -0.2) is 17.9 Å². The minimum Gasteiger partial charge on any atom is -0.284 e. The predicted molar refractivity (Wildman–Crippen MR) is 116 cm³/mol. The van der Waals surface area contributed by atoms with E-state index in [1.54, 1.807) is 30.5 Å². The highest BCUT2D eigenvalue weighted by atomic mass is 32.2. The molecule has 0 aliphatic heterocycles. The molecule has 2 aromatic carbocycles. The van der Waals surface area contributed by atoms with E-state index in [0.29, 0.717) is 22.7 Å². The summed E-state index contributed by atoms with van der Waals surface area (Å²) in [5, 5.41) is 12.4. The van der Waals surface area contributed by atoms with Crippen LogP contribution in [-0.4, -0.2) is 23.6 Å². The number of nitrogens with zero attached hydrogens (tertiary/aromatic N) is 2. The van der Waals surface area contributed by atoms with E-state index in [-0.39, 0.29) is 4.90 Å². The van der Waals surface area contributed by atoms with Crippen LogP contribution in [0.25, 0.3) is 33.6 Å². The highest BCUT2D eigenvalue weighted by molar-refractivity contribution is 7.89. The van der Waals surface area contributed by atoms with Crippen LogP contribution in [0.2, 0.25) is 0 Å². The van der Waals surface area contributed by atoms with Crippen molar-refractivity contribution in [3.63, 3.8) is 0 Å². The van der Waals surface area contributed by atoms with Gasteiger partial charge in [-0.3, -0.25) is 10.1 Å². The summed E-state index contributed by atoms with van der Waals surface area (Å²) >= 11 is 0. The first kappa shape index (κ1) is 19.6. The lowest BCUT2D eigenvalue weighted by Crippen LogP contribution is -2.11. The van der Waals surface area contributed by atoms with Gasteiger partial charge in [-0.15, -0.1) is 0 Å². The van der Waals surface area contributed by atoms with E-state index in [9.17, 15) is 12.8 Å². The van der Waals surface area contributed by atoms with E-state index < -0.39 is 15.8 Å². The van der Waals surface area contributed by atoms with Gasteiger partial charge in [-0.2, -0.15) is 5.10 Å². The summed E-state index contributed by atoms with van der Waals surface area (Å²) < 4.78 is 37.6. The molecule has 4 aromatic rings. The molecule has 6 nitrogen and oxygen atoms in total. The molecule has 1 aliphatic rings. The number of sulfonamides is 1. The molecule has 31 heavy (non-hydrogen) atoms. The molecular formula is C23H19FN4O2S. The number of aromatic amines is 1. The molecule has 5 rings (SSSR count). The lowest BCUT2D eigenvalue weighted by atomic mass is 9.98. The Morgan fingerprint density at radius 1 is 0.968 bits per heavy atom. The molecule has 0 spiro atoms. The summed E-state index contributed by atoms with van der Waals surface area (Å²) in [6.45, 7) is 0. The van der Waals surface area contributed by atoms with Crippen molar-refractivity contribution in [1.29, 1.82) is 0 Å². The van der Waals surface area contributed by atoms with Gasteiger partial charge in [0.25, 0.3) is 0 Å². The van der Waals surface area contributed by atoms with Crippen molar-refractivity contribution >= 4 is 10.0 Å². The zero-order valence-electron chi connectivity index (χ0n) is 16.4. The van der Waals surface area contributed by atoms with Gasteiger partial charge in [0.1, 0.15) is 11.5 Å². The van der Waals surface area contributed by atoms with Crippen LogP contribution in [0.15, 0.2) is 71.8 Å². The normalized spacial score (nSPS) is 14.0. The minimum atomic E-state index is -3.81. The second kappa shape index (κ2) is 7.40. The van der Waals surface area contributed by atoms with Gasteiger partial charge < -0.3 is 0 Å². The largest absolute Gasteiger partial charge is 0.284 e. The Morgan fingerprint density at radius 2 is 1.71 bits per heavy atom. The highest BCUT2D eigenvalue weighted by Gasteiger charge is 2.25. The van der Waals surface area contributed by atoms with Crippen LogP contribution in [-0.2, 0) is 10.0 Å². The maximum atomic E-state index is 14.6. The SMILES string of the molecule is NS(=O)(=O)c1ccc(-c2cc(-c3c[nH]nc3-c3cccc(C4CC4)n3)ccc2F)cc1. The van der Waals surface area contributed by atoms with Crippen molar-refractivity contribution in [1.82, 2.24) is 15.2 Å². The summed E-state index contributed by atoms with van der Waals surface area (Å²) in [7, 11) is -3.81. The van der Waals surface area contributed by atoms with Gasteiger partial charge in [-0.05, 0) is 60.4 Å². The summed E-state index contributed by atoms with van der Waals surface area (Å²) in [6.07, 6.45) is 4.09. The Morgan fingerprint density at radius 3 is 2.42 bits per heavy atom. The smallest absolute Gasteiger partial charge is 0.238 e. The summed E-state index contributed by atoms with van der Waals surface area (Å²) in [6, 6.07) is 16.6. The number of rotatable bonds is 5. The Bertz CT molecular complexity index is 1380. The van der Waals surface area contributed by atoms with E-state index in [0.717, 1.165) is 35.4 Å². The van der Waals surface area contributed by atoms with Crippen LogP contribution in [0.5, 0.6) is 0 Å². The molecule has 1 saturated carbocycles. The zero-order valence-corrected chi connectivity index (χ0v) is 17.2. The van der Waals surface area contributed by atoms with Gasteiger partial charge in [0.15, 0.2) is 0 Å². The average Bonchev–Trinajstić information content (AvgIpc) is 3.50. The number of pyridine rings is 1. The topological polar surface area (TPSA) is 102 Å². The number of H-pyrrole nitrogens is 1. The van der Waals surface area contributed by atoms with Gasteiger partial charge in [0, 0.05) is 28.9 Å². The number of primary sulfonamides is 1. The van der Waals surface area contributed by atoms with E-state index in [1.165, 1.54) is 18.2 Å². The Hall–Kier alpha value is -3.36. The fraction of sp³-hybridized carbons (Fsp3) is 0.130. The fourth-order valence-electron chi connectivity index (χ4n) is 3.63. The second-order valence-electron chi connectivity index (χ2n) is 7.63. The predicted octanol–water partition coefficient (Wildman–Crippen LogP) is 4.47. The molecule has 2 heterocycles. The average molecular weight is 434 g/mol. The van der Waals surface area contributed by atoms with Crippen molar-refractivity contribution < 1.29 is 12.8 Å². The molecule has 0 unspecified atom stereocenters. The molecule has 1 fully saturated rings. The summed E-state index contributed by atoms with van der Waals surface area (Å²) in [4.78, 5) is 4.75. The van der Waals surface area contributed by atoms with Crippen molar-refractivity contribution in [3.8, 4) is 33.6 Å². The molecule has 8 heteroatoms. The first-order valence-electron chi connectivity index (χ1n) is 9.84. The first-order chi connectivity index (χ1) is 14.9. The zero-order chi connectivity index (χ0) is 21.6. The number of benzene rings is 2. The van der Waals surface area contributed by atoms with Crippen LogP contribution in [0.3, 0.4) is 0 Å². The number of halogens is 1. The van der Waals surface area contributed by atoms with Crippen LogP contribution in [0.4, 0.5) is 4.39 Å². The molecule has 0 bridgehead atoms. The Labute approximate surface area is 179 Å². The van der Waals surface area contributed by atoms with Crippen molar-refractivity contribution in [2.24, 2.45) is 5.14 Å². The van der Waals surface area contributed by atoms with Crippen LogP contribution < -0.4 is 5.14 Å². The first-order valence-corrected chi connectivity index (χ1v) is 11.4. The molecule has 156 valence electrons. The number of nitrogens with two attached hydrogens (primary N) is 1. The molecule has 2 aromatic heterocycles. The molecule has 0 atom stereocenters. The molecular weight excluding hydrogens is 415 g/mol. The Kier molecular flexibility index (Phi) is 4.68. The molecule has 1 aliphatic carbocycles. The van der Waals surface area contributed by atoms with Crippen molar-refractivity contribution in [2.45, 2.75) is 23.7 Å². The minimum absolute atomic E-state index is 0.0217. The van der Waals surface area contributed by atoms with Crippen LogP contribution in [0.1, 0.15) is 24.5 Å². The third-order valence-corrected chi connectivity index (χ3v) is 6.35. The summed E-state index contributed by atoms with van der Waals surface area (Å²) in [5.41, 5.74) is 5.02. The highest BCUT2D eigenvalue weighted by Crippen LogP contribution is 2.40. The van der Waals surface area contributed by atoms with E-state index in [2.05, 4.69) is 10.2 Å².